The molecule has 1 fully saturated rings. The van der Waals surface area contributed by atoms with Gasteiger partial charge in [-0.25, -0.2) is 9.03 Å². The molecule has 2 aromatic rings. The van der Waals surface area contributed by atoms with Crippen LogP contribution in [-0.2, 0) is 26.2 Å². The molecule has 0 radical (unpaired) electrons. The third kappa shape index (κ3) is 3.62. The van der Waals surface area contributed by atoms with Gasteiger partial charge in [0.05, 0.1) is 5.69 Å². The van der Waals surface area contributed by atoms with Crippen molar-refractivity contribution >= 4 is 27.8 Å². The van der Waals surface area contributed by atoms with Gasteiger partial charge in [-0.3, -0.25) is 9.59 Å². The first kappa shape index (κ1) is 17.7. The number of phenolic OH excluding ortho intramolecular Hbond substituents is 1. The van der Waals surface area contributed by atoms with E-state index >= 15 is 0 Å². The van der Waals surface area contributed by atoms with E-state index in [1.807, 2.05) is 4.72 Å². The van der Waals surface area contributed by atoms with E-state index in [4.69, 9.17) is 5.11 Å². The summed E-state index contributed by atoms with van der Waals surface area (Å²) in [5.41, 5.74) is 2.19. The number of amides is 1. The Morgan fingerprint density at radius 1 is 1.15 bits per heavy atom. The molecule has 3 rings (SSSR count). The Labute approximate surface area is 149 Å². The first-order valence-corrected chi connectivity index (χ1v) is 9.18. The van der Waals surface area contributed by atoms with Crippen LogP contribution >= 0.6 is 0 Å². The number of nitrogens with one attached hydrogen (secondary N) is 1. The molecule has 9 heteroatoms. The SMILES string of the molecule is O=C(O)CCc1cccc(-c2ccc(O)c(N3CC(=O)NS3(=O)=O)c2)c1. The first-order valence-electron chi connectivity index (χ1n) is 7.74. The molecule has 0 saturated carbocycles. The highest BCUT2D eigenvalue weighted by molar-refractivity contribution is 7.92. The molecule has 136 valence electrons. The highest BCUT2D eigenvalue weighted by atomic mass is 32.2. The zero-order chi connectivity index (χ0) is 18.9. The molecule has 1 aliphatic rings. The van der Waals surface area contributed by atoms with Crippen molar-refractivity contribution < 1.29 is 28.2 Å². The minimum Gasteiger partial charge on any atom is -0.506 e. The summed E-state index contributed by atoms with van der Waals surface area (Å²) in [7, 11) is -4.03. The second kappa shape index (κ2) is 6.68. The first-order chi connectivity index (χ1) is 12.3. The van der Waals surface area contributed by atoms with Gasteiger partial charge in [-0.05, 0) is 35.2 Å². The van der Waals surface area contributed by atoms with Crippen LogP contribution in [0.4, 0.5) is 5.69 Å². The number of phenols is 1. The van der Waals surface area contributed by atoms with Gasteiger partial charge >= 0.3 is 16.2 Å². The monoisotopic (exact) mass is 376 g/mol. The van der Waals surface area contributed by atoms with Crippen LogP contribution in [-0.4, -0.2) is 37.1 Å². The summed E-state index contributed by atoms with van der Waals surface area (Å²) in [6.45, 7) is -0.405. The van der Waals surface area contributed by atoms with Crippen molar-refractivity contribution in [3.8, 4) is 16.9 Å². The van der Waals surface area contributed by atoms with Crippen molar-refractivity contribution in [3.63, 3.8) is 0 Å². The summed E-state index contributed by atoms with van der Waals surface area (Å²) in [5.74, 6) is -1.83. The van der Waals surface area contributed by atoms with Gasteiger partial charge in [0.15, 0.2) is 0 Å². The number of carboxylic acid groups (broad SMARTS) is 1. The van der Waals surface area contributed by atoms with Crippen molar-refractivity contribution in [2.24, 2.45) is 0 Å². The van der Waals surface area contributed by atoms with Gasteiger partial charge in [-0.15, -0.1) is 0 Å². The van der Waals surface area contributed by atoms with E-state index in [2.05, 4.69) is 0 Å². The molecule has 0 aromatic heterocycles. The Morgan fingerprint density at radius 3 is 2.54 bits per heavy atom. The van der Waals surface area contributed by atoms with Gasteiger partial charge in [0, 0.05) is 6.42 Å². The van der Waals surface area contributed by atoms with Gasteiger partial charge in [0.1, 0.15) is 12.3 Å². The summed E-state index contributed by atoms with van der Waals surface area (Å²) in [4.78, 5) is 22.1. The van der Waals surface area contributed by atoms with Crippen molar-refractivity contribution in [1.29, 1.82) is 0 Å². The third-order valence-corrected chi connectivity index (χ3v) is 5.34. The number of carbonyl (C=O) groups is 2. The van der Waals surface area contributed by atoms with Crippen molar-refractivity contribution in [2.45, 2.75) is 12.8 Å². The molecule has 2 aromatic carbocycles. The van der Waals surface area contributed by atoms with E-state index in [0.717, 1.165) is 15.4 Å². The maximum Gasteiger partial charge on any atom is 0.326 e. The highest BCUT2D eigenvalue weighted by Gasteiger charge is 2.35. The molecule has 0 spiro atoms. The van der Waals surface area contributed by atoms with Crippen LogP contribution in [0.5, 0.6) is 5.75 Å². The molecular formula is C17H16N2O6S. The molecule has 1 heterocycles. The molecule has 3 N–H and O–H groups in total. The molecular weight excluding hydrogens is 360 g/mol. The second-order valence-electron chi connectivity index (χ2n) is 5.83. The predicted molar refractivity (Wildman–Crippen MR) is 93.9 cm³/mol. The van der Waals surface area contributed by atoms with Crippen LogP contribution in [0.25, 0.3) is 11.1 Å². The van der Waals surface area contributed by atoms with Crippen molar-refractivity contribution in [1.82, 2.24) is 4.72 Å². The fourth-order valence-electron chi connectivity index (χ4n) is 2.72. The number of hydrogen-bond acceptors (Lipinski definition) is 5. The number of rotatable bonds is 5. The fraction of sp³-hybridized carbons (Fsp3) is 0.176. The van der Waals surface area contributed by atoms with Crippen LogP contribution in [0.15, 0.2) is 42.5 Å². The normalized spacial score (nSPS) is 15.7. The van der Waals surface area contributed by atoms with E-state index in [1.165, 1.54) is 12.1 Å². The number of aromatic hydroxyl groups is 1. The minimum atomic E-state index is -4.03. The lowest BCUT2D eigenvalue weighted by molar-refractivity contribution is -0.137. The number of carboxylic acids is 1. The lowest BCUT2D eigenvalue weighted by Gasteiger charge is -2.17. The highest BCUT2D eigenvalue weighted by Crippen LogP contribution is 2.35. The lowest BCUT2D eigenvalue weighted by Crippen LogP contribution is -2.29. The largest absolute Gasteiger partial charge is 0.506 e. The molecule has 0 bridgehead atoms. The van der Waals surface area contributed by atoms with E-state index < -0.39 is 28.6 Å². The topological polar surface area (TPSA) is 124 Å². The summed E-state index contributed by atoms with van der Waals surface area (Å²) in [6, 6.07) is 11.6. The molecule has 0 aliphatic carbocycles. The summed E-state index contributed by atoms with van der Waals surface area (Å²) >= 11 is 0. The van der Waals surface area contributed by atoms with E-state index in [9.17, 15) is 23.1 Å². The maximum absolute atomic E-state index is 12.0. The van der Waals surface area contributed by atoms with Gasteiger partial charge in [-0.1, -0.05) is 30.3 Å². The molecule has 1 aliphatic heterocycles. The lowest BCUT2D eigenvalue weighted by atomic mass is 10.0. The molecule has 8 nitrogen and oxygen atoms in total. The van der Waals surface area contributed by atoms with Crippen molar-refractivity contribution in [3.05, 3.63) is 48.0 Å². The maximum atomic E-state index is 12.0. The zero-order valence-corrected chi connectivity index (χ0v) is 14.4. The third-order valence-electron chi connectivity index (χ3n) is 3.95. The van der Waals surface area contributed by atoms with Gasteiger partial charge in [0.25, 0.3) is 5.91 Å². The van der Waals surface area contributed by atoms with Crippen molar-refractivity contribution in [2.75, 3.05) is 10.8 Å². The summed E-state index contributed by atoms with van der Waals surface area (Å²) < 4.78 is 26.7. The second-order valence-corrected chi connectivity index (χ2v) is 7.43. The van der Waals surface area contributed by atoms with Crippen LogP contribution in [0.3, 0.4) is 0 Å². The number of nitrogens with zero attached hydrogens (tertiary/aromatic N) is 1. The fourth-order valence-corrected chi connectivity index (χ4v) is 3.88. The molecule has 1 saturated heterocycles. The predicted octanol–water partition coefficient (Wildman–Crippen LogP) is 1.26. The Balaban J connectivity index is 1.97. The quantitative estimate of drug-likeness (QED) is 0.722. The van der Waals surface area contributed by atoms with E-state index in [1.54, 1.807) is 30.3 Å². The van der Waals surface area contributed by atoms with Crippen LogP contribution < -0.4 is 9.03 Å². The number of hydrogen-bond donors (Lipinski definition) is 3. The number of benzene rings is 2. The van der Waals surface area contributed by atoms with Gasteiger partial charge in [-0.2, -0.15) is 8.42 Å². The zero-order valence-electron chi connectivity index (χ0n) is 13.5. The number of carbonyl (C=O) groups excluding carboxylic acids is 1. The average molecular weight is 376 g/mol. The van der Waals surface area contributed by atoms with E-state index in [0.29, 0.717) is 12.0 Å². The molecule has 0 unspecified atom stereocenters. The standard InChI is InChI=1S/C17H16N2O6S/c20-15-6-5-13(9-14(15)19-10-16(21)18-26(19,24)25)12-3-1-2-11(8-12)4-7-17(22)23/h1-3,5-6,8-9,20H,4,7,10H2,(H,18,21)(H,22,23). The summed E-state index contributed by atoms with van der Waals surface area (Å²) in [6.07, 6.45) is 0.372. The number of anilines is 1. The van der Waals surface area contributed by atoms with Gasteiger partial charge < -0.3 is 10.2 Å². The Bertz CT molecular complexity index is 986. The molecule has 0 atom stereocenters. The molecule has 26 heavy (non-hydrogen) atoms. The summed E-state index contributed by atoms with van der Waals surface area (Å²) in [5, 5.41) is 18.8. The van der Waals surface area contributed by atoms with Crippen LogP contribution in [0.2, 0.25) is 0 Å². The molecule has 1 amide bonds. The Kier molecular flexibility index (Phi) is 4.56. The van der Waals surface area contributed by atoms with Crippen LogP contribution in [0.1, 0.15) is 12.0 Å². The number of aryl methyl sites for hydroxylation is 1. The minimum absolute atomic E-state index is 0.00297. The Morgan fingerprint density at radius 2 is 1.88 bits per heavy atom. The number of aliphatic carboxylic acids is 1. The smallest absolute Gasteiger partial charge is 0.326 e. The van der Waals surface area contributed by atoms with Crippen LogP contribution in [0, 0.1) is 0 Å². The van der Waals surface area contributed by atoms with E-state index in [-0.39, 0.29) is 17.9 Å². The average Bonchev–Trinajstić information content (AvgIpc) is 2.86. The van der Waals surface area contributed by atoms with Gasteiger partial charge in [0.2, 0.25) is 0 Å². The Hall–Kier alpha value is -3.07.